The number of benzene rings is 6. The molecule has 0 unspecified atom stereocenters. The summed E-state index contributed by atoms with van der Waals surface area (Å²) in [5.74, 6) is 0. The second-order valence-electron chi connectivity index (χ2n) is 9.32. The monoisotopic (exact) mass is 404 g/mol. The van der Waals surface area contributed by atoms with E-state index in [4.69, 9.17) is 0 Å². The van der Waals surface area contributed by atoms with E-state index in [1.807, 2.05) is 0 Å². The Kier molecular flexibility index (Phi) is 3.07. The summed E-state index contributed by atoms with van der Waals surface area (Å²) in [7, 11) is 0. The third-order valence-corrected chi connectivity index (χ3v) is 7.66. The first-order valence-corrected chi connectivity index (χ1v) is 11.5. The summed E-state index contributed by atoms with van der Waals surface area (Å²) in [5.41, 5.74) is 11.4. The summed E-state index contributed by atoms with van der Waals surface area (Å²) in [6, 6.07) is 36.6. The molecule has 6 aromatic carbocycles. The minimum Gasteiger partial charge on any atom is -0.0619 e. The Labute approximate surface area is 186 Å². The molecule has 8 rings (SSSR count). The van der Waals surface area contributed by atoms with E-state index in [1.165, 1.54) is 76.8 Å². The second-order valence-corrected chi connectivity index (χ2v) is 9.32. The third kappa shape index (κ3) is 2.07. The van der Waals surface area contributed by atoms with Crippen LogP contribution < -0.4 is 0 Å². The summed E-state index contributed by atoms with van der Waals surface area (Å²) >= 11 is 0. The molecule has 148 valence electrons. The number of hydrogen-bond acceptors (Lipinski definition) is 0. The Balaban J connectivity index is 1.56. The molecule has 0 aromatic heterocycles. The summed E-state index contributed by atoms with van der Waals surface area (Å²) in [4.78, 5) is 0. The van der Waals surface area contributed by atoms with Crippen LogP contribution in [0.3, 0.4) is 0 Å². The predicted octanol–water partition coefficient (Wildman–Crippen LogP) is 8.29. The molecule has 0 aliphatic heterocycles. The highest BCUT2D eigenvalue weighted by atomic mass is 14.3. The smallest absolute Gasteiger partial charge is 0.00132 e. The van der Waals surface area contributed by atoms with Gasteiger partial charge in [0.1, 0.15) is 0 Å². The van der Waals surface area contributed by atoms with Crippen LogP contribution in [0.2, 0.25) is 0 Å². The first kappa shape index (κ1) is 16.8. The van der Waals surface area contributed by atoms with Gasteiger partial charge in [-0.3, -0.25) is 0 Å². The molecule has 0 amide bonds. The van der Waals surface area contributed by atoms with Crippen LogP contribution in [0.1, 0.15) is 22.3 Å². The average molecular weight is 405 g/mol. The van der Waals surface area contributed by atoms with Crippen molar-refractivity contribution in [2.75, 3.05) is 0 Å². The van der Waals surface area contributed by atoms with Crippen LogP contribution in [-0.2, 0) is 12.8 Å². The Morgan fingerprint density at radius 2 is 0.719 bits per heavy atom. The Hall–Kier alpha value is -3.90. The summed E-state index contributed by atoms with van der Waals surface area (Å²) in [5, 5.41) is 8.24. The van der Waals surface area contributed by atoms with Crippen molar-refractivity contribution in [1.29, 1.82) is 0 Å². The fourth-order valence-electron chi connectivity index (χ4n) is 6.21. The molecule has 0 heterocycles. The predicted molar refractivity (Wildman–Crippen MR) is 135 cm³/mol. The van der Waals surface area contributed by atoms with Gasteiger partial charge in [-0.05, 0) is 114 Å². The lowest BCUT2D eigenvalue weighted by atomic mass is 9.89. The molecule has 2 aliphatic carbocycles. The zero-order chi connectivity index (χ0) is 20.8. The summed E-state index contributed by atoms with van der Waals surface area (Å²) in [6.07, 6.45) is 2.07. The van der Waals surface area contributed by atoms with Crippen molar-refractivity contribution in [3.8, 4) is 22.3 Å². The maximum Gasteiger partial charge on any atom is -0.00132 e. The van der Waals surface area contributed by atoms with Crippen molar-refractivity contribution in [1.82, 2.24) is 0 Å². The van der Waals surface area contributed by atoms with Crippen molar-refractivity contribution in [2.24, 2.45) is 0 Å². The van der Waals surface area contributed by atoms with E-state index in [0.29, 0.717) is 0 Å². The quantitative estimate of drug-likeness (QED) is 0.223. The molecule has 0 atom stereocenters. The molecular weight excluding hydrogens is 384 g/mol. The van der Waals surface area contributed by atoms with Gasteiger partial charge in [0.25, 0.3) is 0 Å². The molecule has 0 saturated carbocycles. The van der Waals surface area contributed by atoms with E-state index in [0.717, 1.165) is 12.8 Å². The van der Waals surface area contributed by atoms with Crippen molar-refractivity contribution >= 4 is 32.3 Å². The van der Waals surface area contributed by atoms with E-state index in [1.54, 1.807) is 0 Å². The summed E-state index contributed by atoms with van der Waals surface area (Å²) < 4.78 is 0. The van der Waals surface area contributed by atoms with Gasteiger partial charge in [0.15, 0.2) is 0 Å². The fourth-order valence-corrected chi connectivity index (χ4v) is 6.21. The van der Waals surface area contributed by atoms with E-state index in [-0.39, 0.29) is 0 Å². The molecule has 32 heavy (non-hydrogen) atoms. The van der Waals surface area contributed by atoms with E-state index in [9.17, 15) is 0 Å². The van der Waals surface area contributed by atoms with Gasteiger partial charge in [-0.1, -0.05) is 72.8 Å². The number of fused-ring (bicyclic) bond motifs is 12. The lowest BCUT2D eigenvalue weighted by Gasteiger charge is -2.14. The van der Waals surface area contributed by atoms with E-state index >= 15 is 0 Å². The molecule has 0 fully saturated rings. The normalized spacial score (nSPS) is 13.4. The molecular formula is C32H20. The standard InChI is InChI=1S/C32H20/c1-3-9-23-19(7-1)13-21-15-29-25-11-5-6-12-26(25)30-16-22-14-20-8-2-4-10-24(20)28(22)18-32(30)31(29)17-27(21)23/h1-12,15-18H,13-14H2. The number of rotatable bonds is 0. The van der Waals surface area contributed by atoms with Gasteiger partial charge >= 0.3 is 0 Å². The van der Waals surface area contributed by atoms with E-state index < -0.39 is 0 Å². The number of hydrogen-bond donors (Lipinski definition) is 0. The van der Waals surface area contributed by atoms with Crippen molar-refractivity contribution < 1.29 is 0 Å². The molecule has 6 aromatic rings. The fraction of sp³-hybridized carbons (Fsp3) is 0.0625. The highest BCUT2D eigenvalue weighted by Crippen LogP contribution is 2.46. The third-order valence-electron chi connectivity index (χ3n) is 7.66. The first-order chi connectivity index (χ1) is 15.8. The second kappa shape index (κ2) is 5.87. The topological polar surface area (TPSA) is 0 Å². The van der Waals surface area contributed by atoms with Gasteiger partial charge in [0.2, 0.25) is 0 Å². The Morgan fingerprint density at radius 3 is 1.22 bits per heavy atom. The highest BCUT2D eigenvalue weighted by Gasteiger charge is 2.23. The van der Waals surface area contributed by atoms with Gasteiger partial charge in [0.05, 0.1) is 0 Å². The minimum absolute atomic E-state index is 1.03. The maximum absolute atomic E-state index is 2.47. The van der Waals surface area contributed by atoms with Crippen LogP contribution >= 0.6 is 0 Å². The Bertz CT molecular complexity index is 1640. The zero-order valence-corrected chi connectivity index (χ0v) is 17.7. The molecule has 2 aliphatic rings. The Morgan fingerprint density at radius 1 is 0.312 bits per heavy atom. The SMILES string of the molecule is c1ccc2c(c1)Cc1cc3c4ccccc4c4cc5c(cc4c3cc1-2)-c1ccccc1C5. The van der Waals surface area contributed by atoms with Crippen LogP contribution in [0.15, 0.2) is 97.1 Å². The molecule has 0 saturated heterocycles. The van der Waals surface area contributed by atoms with Gasteiger partial charge < -0.3 is 0 Å². The van der Waals surface area contributed by atoms with Crippen molar-refractivity contribution in [3.63, 3.8) is 0 Å². The van der Waals surface area contributed by atoms with Gasteiger partial charge in [-0.2, -0.15) is 0 Å². The molecule has 0 spiro atoms. The van der Waals surface area contributed by atoms with Gasteiger partial charge in [-0.25, -0.2) is 0 Å². The molecule has 0 bridgehead atoms. The lowest BCUT2D eigenvalue weighted by Crippen LogP contribution is -1.89. The zero-order valence-electron chi connectivity index (χ0n) is 17.7. The molecule has 0 N–H and O–H groups in total. The van der Waals surface area contributed by atoms with Crippen molar-refractivity contribution in [3.05, 3.63) is 119 Å². The largest absolute Gasteiger partial charge is 0.0619 e. The molecule has 0 heteroatoms. The van der Waals surface area contributed by atoms with Crippen LogP contribution in [0, 0.1) is 0 Å². The highest BCUT2D eigenvalue weighted by molar-refractivity contribution is 6.27. The van der Waals surface area contributed by atoms with Gasteiger partial charge in [0, 0.05) is 0 Å². The lowest BCUT2D eigenvalue weighted by molar-refractivity contribution is 1.27. The molecule has 0 radical (unpaired) electrons. The van der Waals surface area contributed by atoms with Crippen LogP contribution in [0.5, 0.6) is 0 Å². The van der Waals surface area contributed by atoms with Crippen molar-refractivity contribution in [2.45, 2.75) is 12.8 Å². The minimum atomic E-state index is 1.03. The van der Waals surface area contributed by atoms with Crippen LogP contribution in [0.25, 0.3) is 54.6 Å². The summed E-state index contributed by atoms with van der Waals surface area (Å²) in [6.45, 7) is 0. The van der Waals surface area contributed by atoms with Gasteiger partial charge in [-0.15, -0.1) is 0 Å². The van der Waals surface area contributed by atoms with Crippen LogP contribution in [-0.4, -0.2) is 0 Å². The maximum atomic E-state index is 2.47. The first-order valence-electron chi connectivity index (χ1n) is 11.5. The van der Waals surface area contributed by atoms with E-state index in [2.05, 4.69) is 97.1 Å². The molecule has 0 nitrogen and oxygen atoms in total. The average Bonchev–Trinajstić information content (AvgIpc) is 3.39. The van der Waals surface area contributed by atoms with Crippen LogP contribution in [0.4, 0.5) is 0 Å².